The number of carbonyl (C=O) groups excluding carboxylic acids is 1. The van der Waals surface area contributed by atoms with Gasteiger partial charge in [-0.1, -0.05) is 29.0 Å². The highest BCUT2D eigenvalue weighted by molar-refractivity contribution is 7.21. The van der Waals surface area contributed by atoms with E-state index in [1.54, 1.807) is 6.20 Å². The highest BCUT2D eigenvalue weighted by atomic mass is 32.1. The van der Waals surface area contributed by atoms with E-state index >= 15 is 0 Å². The van der Waals surface area contributed by atoms with Crippen molar-refractivity contribution in [3.63, 3.8) is 0 Å². The molecule has 0 amide bonds. The lowest BCUT2D eigenvalue weighted by molar-refractivity contribution is -0.144. The Labute approximate surface area is 201 Å². The Morgan fingerprint density at radius 3 is 2.71 bits per heavy atom. The summed E-state index contributed by atoms with van der Waals surface area (Å²) in [5.74, 6) is 0.944. The molecule has 0 fully saturated rings. The van der Waals surface area contributed by atoms with Crippen LogP contribution in [0.25, 0.3) is 10.3 Å². The van der Waals surface area contributed by atoms with Gasteiger partial charge in [0.1, 0.15) is 28.0 Å². The van der Waals surface area contributed by atoms with E-state index in [1.807, 2.05) is 36.2 Å². The molecule has 0 aliphatic carbocycles. The number of nitrogens with zero attached hydrogens (tertiary/aromatic N) is 4. The minimum atomic E-state index is -0.780. The SMILES string of the molecule is COC(=O)C(CO)NCc1ccnc(Nc2nc3ccc(N(C)c4ccc(C)cc4)nc3s2)c1. The normalized spacial score (nSPS) is 11.9. The standard InChI is InChI=1S/C24H26N6O3S/c1-15-4-6-17(7-5-15)30(2)21-9-8-18-22(29-21)34-24(27-18)28-20-12-16(10-11-25-20)13-26-19(14-31)23(32)33-3/h4-12,19,26,31H,13-14H2,1-3H3,(H,25,27,28). The Hall–Kier alpha value is -3.60. The van der Waals surface area contributed by atoms with Crippen molar-refractivity contribution in [3.05, 3.63) is 65.9 Å². The van der Waals surface area contributed by atoms with Gasteiger partial charge in [-0.05, 0) is 48.9 Å². The third kappa shape index (κ3) is 5.48. The second-order valence-corrected chi connectivity index (χ2v) is 8.70. The molecule has 0 bridgehead atoms. The molecule has 9 nitrogen and oxygen atoms in total. The number of aromatic nitrogens is 3. The molecule has 1 atom stereocenters. The number of aryl methyl sites for hydroxylation is 1. The van der Waals surface area contributed by atoms with E-state index < -0.39 is 12.0 Å². The van der Waals surface area contributed by atoms with Crippen LogP contribution in [0, 0.1) is 6.92 Å². The van der Waals surface area contributed by atoms with Crippen molar-refractivity contribution >= 4 is 50.1 Å². The number of benzene rings is 1. The number of pyridine rings is 2. The molecule has 3 heterocycles. The summed E-state index contributed by atoms with van der Waals surface area (Å²) >= 11 is 1.45. The molecule has 0 aliphatic rings. The number of fused-ring (bicyclic) bond motifs is 1. The second kappa shape index (κ2) is 10.6. The van der Waals surface area contributed by atoms with Gasteiger partial charge in [0.05, 0.1) is 13.7 Å². The Morgan fingerprint density at radius 2 is 1.97 bits per heavy atom. The van der Waals surface area contributed by atoms with Crippen LogP contribution in [0.2, 0.25) is 0 Å². The number of esters is 1. The number of carbonyl (C=O) groups is 1. The fourth-order valence-corrected chi connectivity index (χ4v) is 4.16. The van der Waals surface area contributed by atoms with Crippen molar-refractivity contribution in [2.75, 3.05) is 31.0 Å². The fraction of sp³-hybridized carbons (Fsp3) is 0.250. The molecule has 3 N–H and O–H groups in total. The highest BCUT2D eigenvalue weighted by Crippen LogP contribution is 2.30. The number of ether oxygens (including phenoxy) is 1. The zero-order valence-electron chi connectivity index (χ0n) is 19.1. The van der Waals surface area contributed by atoms with E-state index in [0.717, 1.165) is 27.4 Å². The van der Waals surface area contributed by atoms with E-state index in [9.17, 15) is 9.90 Å². The Morgan fingerprint density at radius 1 is 1.18 bits per heavy atom. The first kappa shape index (κ1) is 23.6. The van der Waals surface area contributed by atoms with Crippen molar-refractivity contribution in [2.24, 2.45) is 0 Å². The van der Waals surface area contributed by atoms with Crippen molar-refractivity contribution < 1.29 is 14.6 Å². The molecule has 3 aromatic heterocycles. The molecule has 0 aliphatic heterocycles. The van der Waals surface area contributed by atoms with Gasteiger partial charge in [0.15, 0.2) is 5.13 Å². The minimum absolute atomic E-state index is 0.345. The first-order valence-electron chi connectivity index (χ1n) is 10.7. The van der Waals surface area contributed by atoms with Crippen LogP contribution < -0.4 is 15.5 Å². The lowest BCUT2D eigenvalue weighted by atomic mass is 10.2. The van der Waals surface area contributed by atoms with E-state index in [-0.39, 0.29) is 6.61 Å². The maximum atomic E-state index is 11.6. The zero-order chi connectivity index (χ0) is 24.1. The first-order chi connectivity index (χ1) is 16.5. The summed E-state index contributed by atoms with van der Waals surface area (Å²) in [7, 11) is 3.28. The maximum Gasteiger partial charge on any atom is 0.325 e. The molecule has 4 aromatic rings. The lowest BCUT2D eigenvalue weighted by Crippen LogP contribution is -2.40. The largest absolute Gasteiger partial charge is 0.468 e. The number of aliphatic hydroxyl groups is 1. The van der Waals surface area contributed by atoms with Crippen LogP contribution in [0.5, 0.6) is 0 Å². The van der Waals surface area contributed by atoms with Gasteiger partial charge in [-0.3, -0.25) is 10.1 Å². The minimum Gasteiger partial charge on any atom is -0.468 e. The monoisotopic (exact) mass is 478 g/mol. The summed E-state index contributed by atoms with van der Waals surface area (Å²) in [6.45, 7) is 2.09. The fourth-order valence-electron chi connectivity index (χ4n) is 3.32. The van der Waals surface area contributed by atoms with Gasteiger partial charge in [-0.25, -0.2) is 15.0 Å². The molecule has 4 rings (SSSR count). The quantitative estimate of drug-likeness (QED) is 0.311. The summed E-state index contributed by atoms with van der Waals surface area (Å²) in [5.41, 5.74) is 3.96. The number of hydrogen-bond acceptors (Lipinski definition) is 10. The number of methoxy groups -OCH3 is 1. The van der Waals surface area contributed by atoms with Gasteiger partial charge in [-0.15, -0.1) is 0 Å². The molecule has 176 valence electrons. The Balaban J connectivity index is 1.47. The van der Waals surface area contributed by atoms with Gasteiger partial charge in [0.2, 0.25) is 0 Å². The molecular weight excluding hydrogens is 452 g/mol. The van der Waals surface area contributed by atoms with Crippen LogP contribution in [-0.2, 0) is 16.1 Å². The summed E-state index contributed by atoms with van der Waals surface area (Å²) in [5, 5.41) is 16.2. The van der Waals surface area contributed by atoms with Crippen LogP contribution in [0.4, 0.5) is 22.5 Å². The van der Waals surface area contributed by atoms with Crippen LogP contribution >= 0.6 is 11.3 Å². The summed E-state index contributed by atoms with van der Waals surface area (Å²) in [6, 6.07) is 15.1. The van der Waals surface area contributed by atoms with Crippen molar-refractivity contribution in [3.8, 4) is 0 Å². The average Bonchev–Trinajstić information content (AvgIpc) is 3.25. The van der Waals surface area contributed by atoms with E-state index in [1.165, 1.54) is 24.0 Å². The first-order valence-corrected chi connectivity index (χ1v) is 11.5. The van der Waals surface area contributed by atoms with Crippen molar-refractivity contribution in [1.82, 2.24) is 20.3 Å². The number of anilines is 4. The predicted molar refractivity (Wildman–Crippen MR) is 134 cm³/mol. The number of hydrogen-bond donors (Lipinski definition) is 3. The molecule has 0 saturated heterocycles. The van der Waals surface area contributed by atoms with Gasteiger partial charge in [0, 0.05) is 25.5 Å². The smallest absolute Gasteiger partial charge is 0.325 e. The van der Waals surface area contributed by atoms with Gasteiger partial charge in [-0.2, -0.15) is 0 Å². The third-order valence-electron chi connectivity index (χ3n) is 5.29. The predicted octanol–water partition coefficient (Wildman–Crippen LogP) is 3.53. The van der Waals surface area contributed by atoms with Crippen LogP contribution in [-0.4, -0.2) is 52.8 Å². The van der Waals surface area contributed by atoms with Gasteiger partial charge in [0.25, 0.3) is 0 Å². The topological polar surface area (TPSA) is 112 Å². The zero-order valence-corrected chi connectivity index (χ0v) is 20.0. The highest BCUT2D eigenvalue weighted by Gasteiger charge is 2.17. The number of thiazole rings is 1. The molecular formula is C24H26N6O3S. The summed E-state index contributed by atoms with van der Waals surface area (Å²) < 4.78 is 4.67. The summed E-state index contributed by atoms with van der Waals surface area (Å²) in [6.07, 6.45) is 1.67. The molecule has 1 unspecified atom stereocenters. The molecule has 0 saturated carbocycles. The van der Waals surface area contributed by atoms with E-state index in [2.05, 4.69) is 56.5 Å². The molecule has 0 spiro atoms. The number of aliphatic hydroxyl groups excluding tert-OH is 1. The molecule has 1 aromatic carbocycles. The molecule has 10 heteroatoms. The molecule has 34 heavy (non-hydrogen) atoms. The Kier molecular flexibility index (Phi) is 7.31. The van der Waals surface area contributed by atoms with E-state index in [4.69, 9.17) is 4.98 Å². The maximum absolute atomic E-state index is 11.6. The lowest BCUT2D eigenvalue weighted by Gasteiger charge is -2.18. The summed E-state index contributed by atoms with van der Waals surface area (Å²) in [4.78, 5) is 28.2. The van der Waals surface area contributed by atoms with Gasteiger partial charge < -0.3 is 20.1 Å². The number of nitrogens with one attached hydrogen (secondary N) is 2. The van der Waals surface area contributed by atoms with Crippen LogP contribution in [0.1, 0.15) is 11.1 Å². The van der Waals surface area contributed by atoms with Gasteiger partial charge >= 0.3 is 5.97 Å². The second-order valence-electron chi connectivity index (χ2n) is 7.72. The van der Waals surface area contributed by atoms with Crippen molar-refractivity contribution in [1.29, 1.82) is 0 Å². The third-order valence-corrected chi connectivity index (χ3v) is 6.17. The average molecular weight is 479 g/mol. The van der Waals surface area contributed by atoms with Crippen molar-refractivity contribution in [2.45, 2.75) is 19.5 Å². The van der Waals surface area contributed by atoms with Crippen LogP contribution in [0.15, 0.2) is 54.7 Å². The van der Waals surface area contributed by atoms with E-state index in [0.29, 0.717) is 17.5 Å². The number of rotatable bonds is 9. The van der Waals surface area contributed by atoms with Crippen LogP contribution in [0.3, 0.4) is 0 Å². The Bertz CT molecular complexity index is 1280. The molecule has 0 radical (unpaired) electrons.